The molecule has 4 rings (SSSR count). The second-order valence-corrected chi connectivity index (χ2v) is 6.80. The van der Waals surface area contributed by atoms with E-state index in [1.807, 2.05) is 60.3 Å². The average molecular weight is 388 g/mol. The quantitative estimate of drug-likeness (QED) is 0.543. The van der Waals surface area contributed by atoms with Crippen LogP contribution < -0.4 is 5.32 Å². The Kier molecular flexibility index (Phi) is 5.24. The molecule has 0 aliphatic rings. The fourth-order valence-corrected chi connectivity index (χ4v) is 3.23. The lowest BCUT2D eigenvalue weighted by atomic mass is 10.1. The zero-order chi connectivity index (χ0) is 20.2. The number of amides is 1. The molecule has 0 fully saturated rings. The standard InChI is InChI=1S/C23H21FN4O/c1-27-15-5-8-21(27)20-16-22(28(26-20)19-11-9-18(24)10-12-19)23(29)25-14-13-17-6-3-2-4-7-17/h2-12,15-16H,13-14H2,1H3,(H,25,29). The minimum atomic E-state index is -0.336. The van der Waals surface area contributed by atoms with Crippen LogP contribution in [0, 0.1) is 5.82 Å². The van der Waals surface area contributed by atoms with Gasteiger partial charge in [-0.15, -0.1) is 0 Å². The summed E-state index contributed by atoms with van der Waals surface area (Å²) in [5, 5.41) is 7.57. The van der Waals surface area contributed by atoms with E-state index in [0.29, 0.717) is 23.6 Å². The molecule has 1 amide bonds. The molecule has 0 atom stereocenters. The molecule has 4 aromatic rings. The van der Waals surface area contributed by atoms with Gasteiger partial charge < -0.3 is 9.88 Å². The molecule has 0 aliphatic heterocycles. The summed E-state index contributed by atoms with van der Waals surface area (Å²) < 4.78 is 16.9. The summed E-state index contributed by atoms with van der Waals surface area (Å²) >= 11 is 0. The Labute approximate surface area is 168 Å². The molecule has 2 aromatic carbocycles. The number of nitrogens with one attached hydrogen (secondary N) is 1. The first-order chi connectivity index (χ1) is 14.1. The van der Waals surface area contributed by atoms with Gasteiger partial charge in [0.2, 0.25) is 0 Å². The topological polar surface area (TPSA) is 51.9 Å². The van der Waals surface area contributed by atoms with E-state index in [1.165, 1.54) is 12.1 Å². The summed E-state index contributed by atoms with van der Waals surface area (Å²) in [5.74, 6) is -0.560. The number of nitrogens with zero attached hydrogens (tertiary/aromatic N) is 3. The molecular formula is C23H21FN4O. The molecule has 0 saturated carbocycles. The molecule has 0 unspecified atom stereocenters. The van der Waals surface area contributed by atoms with E-state index >= 15 is 0 Å². The number of carbonyl (C=O) groups excluding carboxylic acids is 1. The smallest absolute Gasteiger partial charge is 0.270 e. The number of aryl methyl sites for hydroxylation is 1. The summed E-state index contributed by atoms with van der Waals surface area (Å²) in [6.45, 7) is 0.511. The van der Waals surface area contributed by atoms with Crippen molar-refractivity contribution in [2.45, 2.75) is 6.42 Å². The van der Waals surface area contributed by atoms with Crippen LogP contribution in [-0.2, 0) is 13.5 Å². The van der Waals surface area contributed by atoms with Crippen LogP contribution >= 0.6 is 0 Å². The van der Waals surface area contributed by atoms with Gasteiger partial charge in [-0.3, -0.25) is 4.79 Å². The maximum Gasteiger partial charge on any atom is 0.270 e. The van der Waals surface area contributed by atoms with Crippen LogP contribution in [0.3, 0.4) is 0 Å². The van der Waals surface area contributed by atoms with Gasteiger partial charge >= 0.3 is 0 Å². The minimum Gasteiger partial charge on any atom is -0.350 e. The van der Waals surface area contributed by atoms with E-state index in [0.717, 1.165) is 17.7 Å². The predicted molar refractivity (Wildman–Crippen MR) is 110 cm³/mol. The lowest BCUT2D eigenvalue weighted by Crippen LogP contribution is -2.27. The van der Waals surface area contributed by atoms with E-state index in [-0.39, 0.29) is 11.7 Å². The van der Waals surface area contributed by atoms with Gasteiger partial charge in [0.15, 0.2) is 0 Å². The number of hydrogen-bond donors (Lipinski definition) is 1. The number of aromatic nitrogens is 3. The summed E-state index contributed by atoms with van der Waals surface area (Å²) in [4.78, 5) is 12.9. The molecule has 0 radical (unpaired) electrons. The molecule has 0 bridgehead atoms. The zero-order valence-electron chi connectivity index (χ0n) is 16.0. The molecule has 1 N–H and O–H groups in total. The number of benzene rings is 2. The van der Waals surface area contributed by atoms with Gasteiger partial charge in [0, 0.05) is 19.8 Å². The average Bonchev–Trinajstić information content (AvgIpc) is 3.35. The van der Waals surface area contributed by atoms with E-state index in [2.05, 4.69) is 10.4 Å². The summed E-state index contributed by atoms with van der Waals surface area (Å²) in [6.07, 6.45) is 2.66. The molecule has 146 valence electrons. The van der Waals surface area contributed by atoms with Crippen LogP contribution in [0.4, 0.5) is 4.39 Å². The van der Waals surface area contributed by atoms with Crippen LogP contribution in [0.5, 0.6) is 0 Å². The third-order valence-electron chi connectivity index (χ3n) is 4.76. The predicted octanol–water partition coefficient (Wildman–Crippen LogP) is 3.99. The van der Waals surface area contributed by atoms with Crippen LogP contribution in [0.15, 0.2) is 79.0 Å². The van der Waals surface area contributed by atoms with E-state index in [9.17, 15) is 9.18 Å². The van der Waals surface area contributed by atoms with Crippen molar-refractivity contribution in [1.82, 2.24) is 19.7 Å². The van der Waals surface area contributed by atoms with Crippen molar-refractivity contribution < 1.29 is 9.18 Å². The summed E-state index contributed by atoms with van der Waals surface area (Å²) in [6, 6.07) is 21.5. The van der Waals surface area contributed by atoms with Crippen molar-refractivity contribution in [3.05, 3.63) is 96.1 Å². The lowest BCUT2D eigenvalue weighted by molar-refractivity contribution is 0.0946. The van der Waals surface area contributed by atoms with Gasteiger partial charge in [-0.1, -0.05) is 30.3 Å². The van der Waals surface area contributed by atoms with Gasteiger partial charge in [-0.05, 0) is 54.4 Å². The fourth-order valence-electron chi connectivity index (χ4n) is 3.23. The Morgan fingerprint density at radius 2 is 1.79 bits per heavy atom. The molecule has 0 spiro atoms. The Morgan fingerprint density at radius 1 is 1.03 bits per heavy atom. The maximum absolute atomic E-state index is 13.4. The molecule has 6 heteroatoms. The fraction of sp³-hybridized carbons (Fsp3) is 0.130. The first-order valence-electron chi connectivity index (χ1n) is 9.41. The highest BCUT2D eigenvalue weighted by Crippen LogP contribution is 2.22. The third-order valence-corrected chi connectivity index (χ3v) is 4.76. The van der Waals surface area contributed by atoms with Crippen molar-refractivity contribution in [1.29, 1.82) is 0 Å². The monoisotopic (exact) mass is 388 g/mol. The normalized spacial score (nSPS) is 10.8. The van der Waals surface area contributed by atoms with Crippen molar-refractivity contribution >= 4 is 5.91 Å². The highest BCUT2D eigenvalue weighted by Gasteiger charge is 2.18. The first-order valence-corrected chi connectivity index (χ1v) is 9.41. The highest BCUT2D eigenvalue weighted by molar-refractivity contribution is 5.94. The van der Waals surface area contributed by atoms with E-state index in [1.54, 1.807) is 22.9 Å². The van der Waals surface area contributed by atoms with Crippen molar-refractivity contribution in [2.24, 2.45) is 7.05 Å². The third kappa shape index (κ3) is 4.11. The van der Waals surface area contributed by atoms with Gasteiger partial charge in [-0.25, -0.2) is 9.07 Å². The van der Waals surface area contributed by atoms with Gasteiger partial charge in [0.25, 0.3) is 5.91 Å². The number of hydrogen-bond acceptors (Lipinski definition) is 2. The number of rotatable bonds is 6. The minimum absolute atomic E-state index is 0.224. The van der Waals surface area contributed by atoms with Gasteiger partial charge in [0.1, 0.15) is 17.2 Å². The van der Waals surface area contributed by atoms with Crippen molar-refractivity contribution in [2.75, 3.05) is 6.54 Å². The SMILES string of the molecule is Cn1cccc1-c1cc(C(=O)NCCc2ccccc2)n(-c2ccc(F)cc2)n1. The number of halogens is 1. The van der Waals surface area contributed by atoms with Crippen LogP contribution in [0.2, 0.25) is 0 Å². The zero-order valence-corrected chi connectivity index (χ0v) is 16.0. The molecule has 0 aliphatic carbocycles. The largest absolute Gasteiger partial charge is 0.350 e. The Balaban J connectivity index is 1.61. The molecule has 2 heterocycles. The van der Waals surface area contributed by atoms with Crippen LogP contribution in [0.1, 0.15) is 16.1 Å². The summed E-state index contributed by atoms with van der Waals surface area (Å²) in [5.41, 5.74) is 3.75. The Morgan fingerprint density at radius 3 is 2.48 bits per heavy atom. The summed E-state index contributed by atoms with van der Waals surface area (Å²) in [7, 11) is 1.92. The van der Waals surface area contributed by atoms with Gasteiger partial charge in [0.05, 0.1) is 11.4 Å². The Bertz CT molecular complexity index is 1110. The maximum atomic E-state index is 13.4. The lowest BCUT2D eigenvalue weighted by Gasteiger charge is -2.08. The second kappa shape index (κ2) is 8.14. The van der Waals surface area contributed by atoms with Crippen LogP contribution in [-0.4, -0.2) is 26.8 Å². The highest BCUT2D eigenvalue weighted by atomic mass is 19.1. The molecular weight excluding hydrogens is 367 g/mol. The number of carbonyl (C=O) groups is 1. The molecule has 0 saturated heterocycles. The Hall–Kier alpha value is -3.67. The van der Waals surface area contributed by atoms with E-state index in [4.69, 9.17) is 0 Å². The van der Waals surface area contributed by atoms with E-state index < -0.39 is 0 Å². The first kappa shape index (κ1) is 18.7. The second-order valence-electron chi connectivity index (χ2n) is 6.80. The van der Waals surface area contributed by atoms with Crippen molar-refractivity contribution in [3.63, 3.8) is 0 Å². The van der Waals surface area contributed by atoms with Crippen LogP contribution in [0.25, 0.3) is 17.1 Å². The van der Waals surface area contributed by atoms with Crippen molar-refractivity contribution in [3.8, 4) is 17.1 Å². The molecule has 29 heavy (non-hydrogen) atoms. The molecule has 5 nitrogen and oxygen atoms in total. The molecule has 2 aromatic heterocycles. The van der Waals surface area contributed by atoms with Gasteiger partial charge in [-0.2, -0.15) is 5.10 Å².